The first-order valence-electron chi connectivity index (χ1n) is 31.4. The van der Waals surface area contributed by atoms with Crippen LogP contribution in [0.4, 0.5) is 34.6 Å². The lowest BCUT2D eigenvalue weighted by Gasteiger charge is -2.43. The number of hydrogen-bond acceptors (Lipinski definition) is 21. The fraction of sp³-hybridized carbons (Fsp3) is 0.562. The smallest absolute Gasteiger partial charge is 0.277 e. The molecule has 3 aliphatic rings. The number of ether oxygens (including phenoxy) is 7. The maximum atomic E-state index is 13.9. The van der Waals surface area contributed by atoms with Crippen LogP contribution in [0.25, 0.3) is 11.0 Å². The fourth-order valence-electron chi connectivity index (χ4n) is 11.3. The summed E-state index contributed by atoms with van der Waals surface area (Å²) < 4.78 is 41.2. The molecule has 494 valence electrons. The monoisotopic (exact) mass is 1260 g/mol. The number of methoxy groups -OCH3 is 1. The highest BCUT2D eigenvalue weighted by Crippen LogP contribution is 2.41. The number of carbonyl (C=O) groups excluding carboxylic acids is 5. The highest BCUT2D eigenvalue weighted by molar-refractivity contribution is 6.13. The Hall–Kier alpha value is -7.92. The quantitative estimate of drug-likeness (QED) is 0.0302. The van der Waals surface area contributed by atoms with Crippen LogP contribution in [0.5, 0.6) is 5.75 Å². The molecule has 1 unspecified atom stereocenters. The molecule has 2 fully saturated rings. The summed E-state index contributed by atoms with van der Waals surface area (Å²) in [5.41, 5.74) is 11.8. The number of nitrogens with one attached hydrogen (secondary N) is 3. The van der Waals surface area contributed by atoms with Crippen molar-refractivity contribution in [2.45, 2.75) is 90.3 Å². The number of rotatable bonds is 35. The maximum Gasteiger partial charge on any atom is 0.277 e. The van der Waals surface area contributed by atoms with E-state index in [1.165, 1.54) is 13.4 Å². The number of hydrogen-bond donors (Lipinski definition) is 4. The van der Waals surface area contributed by atoms with Crippen LogP contribution >= 0.6 is 0 Å². The van der Waals surface area contributed by atoms with E-state index >= 15 is 0 Å². The Bertz CT molecular complexity index is 3280. The van der Waals surface area contributed by atoms with E-state index in [0.29, 0.717) is 164 Å². The zero-order chi connectivity index (χ0) is 64.8. The van der Waals surface area contributed by atoms with Crippen molar-refractivity contribution in [1.82, 2.24) is 49.7 Å². The summed E-state index contributed by atoms with van der Waals surface area (Å²) in [6, 6.07) is 8.49. The standard InChI is InChI=1S/C64H91N15O12/c1-9-51-63(84)76(7)52-40-67-64(72-59(52)78(51)47-14-10-11-15-47)71-50-21-19-46(38-53(50)85-8)61(82)66-22-26-86-28-30-88-32-34-90-36-37-91-35-33-89-31-29-87-27-25-75(6)23-13-17-54(80)77-24-12-16-48(41-77)79-60-56(58(65)68-42-69-60)57(73-79)62(83)70-49-20-18-45(43(2)44(49)3)39-55(81)74(4)5/h13,17-21,38,40,42,47-48,51H,9-12,14-16,22-37,39,41H2,1-8H3,(H,66,82)(H,70,83)(H2,65,68,69)(H,67,71,72)/b17-13+/t48-,51?/m1/s1. The second-order valence-electron chi connectivity index (χ2n) is 23.0. The van der Waals surface area contributed by atoms with Crippen LogP contribution in [0.1, 0.15) is 95.4 Å². The topological polar surface area (TPSA) is 298 Å². The first kappa shape index (κ1) is 69.0. The molecule has 0 spiro atoms. The highest BCUT2D eigenvalue weighted by Gasteiger charge is 2.41. The summed E-state index contributed by atoms with van der Waals surface area (Å²) in [5.74, 6) is 0.886. The van der Waals surface area contributed by atoms with Crippen LogP contribution in [0.2, 0.25) is 0 Å². The average molecular weight is 1260 g/mol. The number of anilines is 6. The highest BCUT2D eigenvalue weighted by atomic mass is 16.6. The molecule has 91 heavy (non-hydrogen) atoms. The van der Waals surface area contributed by atoms with E-state index in [0.717, 1.165) is 61.0 Å². The molecule has 1 saturated carbocycles. The van der Waals surface area contributed by atoms with Crippen molar-refractivity contribution >= 4 is 75.2 Å². The third kappa shape index (κ3) is 18.6. The van der Waals surface area contributed by atoms with Crippen molar-refractivity contribution in [2.75, 3.05) is 173 Å². The number of piperidine rings is 1. The molecule has 2 aromatic carbocycles. The van der Waals surface area contributed by atoms with Gasteiger partial charge in [0.2, 0.25) is 23.7 Å². The van der Waals surface area contributed by atoms with E-state index in [9.17, 15) is 24.0 Å². The minimum atomic E-state index is -0.470. The second kappa shape index (κ2) is 34.5. The van der Waals surface area contributed by atoms with E-state index in [1.807, 2.05) is 40.0 Å². The molecule has 5 amide bonds. The molecule has 2 atom stereocenters. The van der Waals surface area contributed by atoms with Crippen LogP contribution in [0.15, 0.2) is 55.0 Å². The summed E-state index contributed by atoms with van der Waals surface area (Å²) in [7, 11) is 8.72. The molecule has 5 aromatic rings. The van der Waals surface area contributed by atoms with E-state index < -0.39 is 5.91 Å². The molecule has 2 aliphatic heterocycles. The van der Waals surface area contributed by atoms with Gasteiger partial charge in [0, 0.05) is 77.2 Å². The number of carbonyl (C=O) groups is 5. The molecule has 3 aromatic heterocycles. The van der Waals surface area contributed by atoms with Gasteiger partial charge in [-0.1, -0.05) is 31.9 Å². The second-order valence-corrected chi connectivity index (χ2v) is 23.0. The van der Waals surface area contributed by atoms with E-state index in [-0.39, 0.29) is 59.7 Å². The predicted molar refractivity (Wildman–Crippen MR) is 345 cm³/mol. The largest absolute Gasteiger partial charge is 0.495 e. The molecule has 1 aliphatic carbocycles. The summed E-state index contributed by atoms with van der Waals surface area (Å²) >= 11 is 0. The van der Waals surface area contributed by atoms with Crippen molar-refractivity contribution in [3.05, 3.63) is 83.0 Å². The zero-order valence-corrected chi connectivity index (χ0v) is 54.0. The van der Waals surface area contributed by atoms with Crippen LogP contribution in [-0.2, 0) is 49.2 Å². The number of aromatic nitrogens is 6. The SMILES string of the molecule is CCC1C(=O)N(C)c2cnc(Nc3ccc(C(=O)NCCOCCOCCOCCOCCOCCOCCN(C)C/C=C/C(=O)N4CCC[C@@H](n5nc(C(=O)Nc6ccc(CC(=O)N(C)C)c(C)c6C)c6c(N)ncnc65)C4)cc3OC)nc2N1C1CCCC1. The first-order chi connectivity index (χ1) is 44.1. The summed E-state index contributed by atoms with van der Waals surface area (Å²) in [4.78, 5) is 93.4. The summed E-state index contributed by atoms with van der Waals surface area (Å²) in [6.07, 6.45) is 13.2. The minimum absolute atomic E-state index is 0.0147. The summed E-state index contributed by atoms with van der Waals surface area (Å²) in [5, 5.41) is 14.2. The fourth-order valence-corrected chi connectivity index (χ4v) is 11.3. The number of nitrogens with zero attached hydrogens (tertiary/aromatic N) is 11. The van der Waals surface area contributed by atoms with Crippen molar-refractivity contribution in [3.8, 4) is 5.75 Å². The Balaban J connectivity index is 0.613. The number of likely N-dealkylation sites (N-methyl/N-ethyl adjacent to an activating group) is 3. The number of benzene rings is 2. The van der Waals surface area contributed by atoms with Crippen LogP contribution in [-0.4, -0.2) is 233 Å². The van der Waals surface area contributed by atoms with Crippen LogP contribution < -0.4 is 36.2 Å². The molecule has 1 saturated heterocycles. The zero-order valence-electron chi connectivity index (χ0n) is 54.0. The Labute approximate surface area is 532 Å². The number of likely N-dealkylation sites (tertiary alicyclic amines) is 1. The molecule has 0 bridgehead atoms. The number of nitrogen functional groups attached to an aromatic ring is 1. The van der Waals surface area contributed by atoms with Crippen LogP contribution in [0, 0.1) is 13.8 Å². The van der Waals surface area contributed by atoms with Gasteiger partial charge in [0.25, 0.3) is 11.8 Å². The lowest BCUT2D eigenvalue weighted by atomic mass is 9.98. The van der Waals surface area contributed by atoms with Crippen molar-refractivity contribution < 1.29 is 57.1 Å². The molecular weight excluding hydrogens is 1170 g/mol. The Morgan fingerprint density at radius 2 is 1.43 bits per heavy atom. The number of nitrogens with two attached hydrogens (primary N) is 1. The molecule has 27 nitrogen and oxygen atoms in total. The van der Waals surface area contributed by atoms with Gasteiger partial charge in [0.05, 0.1) is 116 Å². The third-order valence-electron chi connectivity index (χ3n) is 16.6. The van der Waals surface area contributed by atoms with Gasteiger partial charge >= 0.3 is 0 Å². The van der Waals surface area contributed by atoms with Crippen molar-refractivity contribution in [1.29, 1.82) is 0 Å². The molecule has 0 radical (unpaired) electrons. The van der Waals surface area contributed by atoms with E-state index in [4.69, 9.17) is 49.0 Å². The van der Waals surface area contributed by atoms with E-state index in [2.05, 4.69) is 40.7 Å². The third-order valence-corrected chi connectivity index (χ3v) is 16.6. The molecule has 5 N–H and O–H groups in total. The van der Waals surface area contributed by atoms with Gasteiger partial charge in [-0.25, -0.2) is 19.6 Å². The normalized spacial score (nSPS) is 16.1. The molecular formula is C64H91N15O12. The maximum absolute atomic E-state index is 13.9. The number of amides is 5. The number of fused-ring (bicyclic) bond motifs is 2. The Kier molecular flexibility index (Phi) is 26.1. The lowest BCUT2D eigenvalue weighted by molar-refractivity contribution is -0.128. The van der Waals surface area contributed by atoms with Crippen molar-refractivity contribution in [3.63, 3.8) is 0 Å². The minimum Gasteiger partial charge on any atom is -0.495 e. The van der Waals surface area contributed by atoms with Crippen LogP contribution in [0.3, 0.4) is 0 Å². The summed E-state index contributed by atoms with van der Waals surface area (Å²) in [6.45, 7) is 13.4. The lowest BCUT2D eigenvalue weighted by Crippen LogP contribution is -2.55. The van der Waals surface area contributed by atoms with Gasteiger partial charge in [-0.3, -0.25) is 24.0 Å². The van der Waals surface area contributed by atoms with Gasteiger partial charge in [-0.15, -0.1) is 0 Å². The first-order valence-corrected chi connectivity index (χ1v) is 31.4. The Morgan fingerprint density at radius 1 is 0.780 bits per heavy atom. The van der Waals surface area contributed by atoms with Gasteiger partial charge in [0.15, 0.2) is 17.2 Å². The van der Waals surface area contributed by atoms with Gasteiger partial charge in [0.1, 0.15) is 29.6 Å². The van der Waals surface area contributed by atoms with Gasteiger partial charge in [-0.2, -0.15) is 10.1 Å². The molecule has 5 heterocycles. The van der Waals surface area contributed by atoms with E-state index in [1.54, 1.807) is 77.1 Å². The average Bonchev–Trinajstić information content (AvgIpc) is 1.74. The Morgan fingerprint density at radius 3 is 2.09 bits per heavy atom. The van der Waals surface area contributed by atoms with Crippen molar-refractivity contribution in [2.24, 2.45) is 0 Å². The van der Waals surface area contributed by atoms with Gasteiger partial charge in [-0.05, 0) is 94.0 Å². The van der Waals surface area contributed by atoms with Gasteiger partial charge < -0.3 is 79.3 Å². The molecule has 27 heteroatoms. The predicted octanol–water partition coefficient (Wildman–Crippen LogP) is 5.14. The molecule has 8 rings (SSSR count).